The number of rotatable bonds is 9. The lowest BCUT2D eigenvalue weighted by atomic mass is 9.80. The molecule has 3 saturated carbocycles. The number of pyridine rings is 3. The number of allylic oxidation sites excluding steroid dienone is 1. The molecule has 7 aliphatic rings. The molecule has 568 valence electrons. The van der Waals surface area contributed by atoms with E-state index in [0.717, 1.165) is 168 Å². The maximum Gasteiger partial charge on any atom is 0.317 e. The summed E-state index contributed by atoms with van der Waals surface area (Å²) >= 11 is 3.21. The molecule has 12 heterocycles. The second-order valence-electron chi connectivity index (χ2n) is 29.4. The molecule has 3 N–H and O–H groups in total. The van der Waals surface area contributed by atoms with Gasteiger partial charge in [0.1, 0.15) is 23.2 Å². The highest BCUT2D eigenvalue weighted by atomic mass is 32.1. The van der Waals surface area contributed by atoms with Crippen molar-refractivity contribution in [3.05, 3.63) is 164 Å². The molecular formula is C81H87F4N20O3S2+. The van der Waals surface area contributed by atoms with Crippen LogP contribution in [0.15, 0.2) is 96.3 Å². The summed E-state index contributed by atoms with van der Waals surface area (Å²) in [7, 11) is 6.83. The number of aryl methyl sites for hydroxylation is 4. The van der Waals surface area contributed by atoms with Crippen molar-refractivity contribution < 1.29 is 36.6 Å². The van der Waals surface area contributed by atoms with E-state index in [1.54, 1.807) is 53.6 Å². The Labute approximate surface area is 642 Å². The third-order valence-electron chi connectivity index (χ3n) is 22.2. The number of imidazole rings is 3. The topological polar surface area (TPSA) is 235 Å². The molecule has 18 rings (SSSR count). The Hall–Kier alpha value is -10.9. The lowest BCUT2D eigenvalue weighted by Gasteiger charge is -2.36. The third kappa shape index (κ3) is 14.0. The van der Waals surface area contributed by atoms with E-state index in [1.807, 2.05) is 87.3 Å². The molecule has 11 aromatic rings. The first-order valence-corrected chi connectivity index (χ1v) is 38.6. The van der Waals surface area contributed by atoms with Crippen LogP contribution < -0.4 is 16.0 Å². The van der Waals surface area contributed by atoms with E-state index in [1.165, 1.54) is 0 Å². The number of carbonyl (C=O) groups excluding carboxylic acids is 3. The van der Waals surface area contributed by atoms with Crippen LogP contribution in [0.5, 0.6) is 0 Å². The molecule has 23 nitrogen and oxygen atoms in total. The summed E-state index contributed by atoms with van der Waals surface area (Å²) < 4.78 is 64.0. The second-order valence-corrected chi connectivity index (χ2v) is 31.9. The number of nitrogens with one attached hydrogen (secondary N) is 3. The number of amides is 6. The highest BCUT2D eigenvalue weighted by molar-refractivity contribution is 7.15. The molecule has 0 spiro atoms. The Morgan fingerprint density at radius 3 is 1.44 bits per heavy atom. The normalized spacial score (nSPS) is 17.2. The minimum Gasteiger partial charge on any atom is -0.341 e. The fourth-order valence-electron chi connectivity index (χ4n) is 16.4. The van der Waals surface area contributed by atoms with Crippen LogP contribution in [0.4, 0.5) is 37.6 Å². The quantitative estimate of drug-likeness (QED) is 0.0698. The first kappa shape index (κ1) is 74.6. The Morgan fingerprint density at radius 1 is 0.545 bits per heavy atom. The van der Waals surface area contributed by atoms with Crippen LogP contribution in [0.3, 0.4) is 0 Å². The van der Waals surface area contributed by atoms with Crippen LogP contribution in [0.2, 0.25) is 0 Å². The largest absolute Gasteiger partial charge is 0.341 e. The maximum absolute atomic E-state index is 14.0. The molecule has 0 bridgehead atoms. The lowest BCUT2D eigenvalue weighted by Crippen LogP contribution is -2.43. The number of carbonyl (C=O) groups is 3. The molecule has 3 aliphatic carbocycles. The monoisotopic (exact) mass is 1530 g/mol. The van der Waals surface area contributed by atoms with E-state index in [0.29, 0.717) is 94.9 Å². The standard InChI is InChI=1S/C28H30F2N6OS.C26H26F2N6OS.C26H26N8O.CH4/c1-16-4-5-19-12-21(23-14-32-17(2)38-23)33-13-20(19)24(16)25-22-15-35(27(37)31-3)10-11-36(22)26(34-25)18-6-8-28(29,30)9-7-18;1-14-4-5-16-8-19(21-12-30-15(2)36-21)31-11-18(16)22(14)23-20-13-33(25(35)29-3)6-7-34(20)24(32-23)17-9-26(27,28)10-17;1-15-19(13-32(4)31-15)23-21(27-2)12-18-17(6-5-7-20(18)29-23)24-22-14-33(26(35)28-3)10-11-34(22)25(30-24)16-8-9-16;/h4-5,12-14,18H,6-11,15H2,1-3H3,(H,31,37);4-5,8,11-12,17H,6-7,9-10,13H2,1-3H3,(H,29,35);5-7,12,16H,8-11,13-14H2,1,3-4H3;1H4/p+1. The number of benzene rings is 3. The number of thiazole rings is 2. The van der Waals surface area contributed by atoms with Gasteiger partial charge in [-0.3, -0.25) is 15.0 Å². The highest BCUT2D eigenvalue weighted by Gasteiger charge is 2.49. The molecule has 0 radical (unpaired) electrons. The Kier molecular flexibility index (Phi) is 20.0. The van der Waals surface area contributed by atoms with E-state index in [4.69, 9.17) is 36.5 Å². The van der Waals surface area contributed by atoms with Crippen LogP contribution >= 0.6 is 22.7 Å². The Bertz CT molecular complexity index is 5620. The average molecular weight is 1530 g/mol. The van der Waals surface area contributed by atoms with Gasteiger partial charge in [-0.05, 0) is 117 Å². The summed E-state index contributed by atoms with van der Waals surface area (Å²) in [5.74, 6) is -2.37. The zero-order chi connectivity index (χ0) is 76.1. The van der Waals surface area contributed by atoms with E-state index < -0.39 is 11.8 Å². The summed E-state index contributed by atoms with van der Waals surface area (Å²) in [6, 6.07) is 20.1. The summed E-state index contributed by atoms with van der Waals surface area (Å²) in [6.07, 6.45) is 9.99. The van der Waals surface area contributed by atoms with Crippen LogP contribution in [0, 0.1) is 34.3 Å². The van der Waals surface area contributed by atoms with Crippen LogP contribution in [-0.2, 0) is 39.3 Å². The van der Waals surface area contributed by atoms with Gasteiger partial charge in [-0.15, -0.1) is 27.4 Å². The van der Waals surface area contributed by atoms with Gasteiger partial charge in [-0.2, -0.15) is 0 Å². The van der Waals surface area contributed by atoms with Crippen molar-refractivity contribution in [3.63, 3.8) is 0 Å². The summed E-state index contributed by atoms with van der Waals surface area (Å²) in [5, 5.41) is 19.5. The molecule has 8 aromatic heterocycles. The van der Waals surface area contributed by atoms with Gasteiger partial charge in [0.2, 0.25) is 17.5 Å². The number of azo groups is 2. The zero-order valence-corrected chi connectivity index (χ0v) is 63.8. The third-order valence-corrected chi connectivity index (χ3v) is 24.1. The van der Waals surface area contributed by atoms with E-state index in [9.17, 15) is 31.9 Å². The minimum absolute atomic E-state index is 0. The first-order valence-electron chi connectivity index (χ1n) is 37.0. The summed E-state index contributed by atoms with van der Waals surface area (Å²) in [5.41, 5.74) is 16.0. The van der Waals surface area contributed by atoms with Crippen molar-refractivity contribution in [2.45, 2.75) is 162 Å². The van der Waals surface area contributed by atoms with Crippen molar-refractivity contribution in [1.29, 1.82) is 0 Å². The number of halogens is 4. The molecule has 0 unspecified atom stereocenters. The van der Waals surface area contributed by atoms with Gasteiger partial charge in [0.05, 0.1) is 108 Å². The molecule has 6 amide bonds. The van der Waals surface area contributed by atoms with Gasteiger partial charge in [0, 0.05) is 156 Å². The smallest absolute Gasteiger partial charge is 0.317 e. The molecule has 0 atom stereocenters. The molecule has 110 heavy (non-hydrogen) atoms. The SMILES string of the molecule is C.CNC(=O)N1CCn2c(C3CC(F)(F)C3)nc(-c3c(C)ccc4cc(-c5cnc(C)s5)ncc34)c2C1.CNC(=O)N1CCn2c(C3CCC(F)(F)CC3)nc(-c3c(C)ccc4cc(-c5cnc(C)s5)ncc34)c2C1.[C-]#[N+]c1cc2c(-c3nc(C4CC4)n4c3CN(C(=O)NC)CC4)cccc2nc1C1=C(C)N=[N+](C)C1. The molecule has 29 heteroatoms. The fraction of sp³-hybridized carbons (Fsp3) is 0.407. The number of fused-ring (bicyclic) bond motifs is 6. The molecular weight excluding hydrogens is 1440 g/mol. The molecule has 0 saturated heterocycles. The van der Waals surface area contributed by atoms with Crippen LogP contribution in [-0.4, -0.2) is 157 Å². The van der Waals surface area contributed by atoms with Gasteiger partial charge in [0.25, 0.3) is 0 Å². The summed E-state index contributed by atoms with van der Waals surface area (Å²) in [4.78, 5) is 87.1. The van der Waals surface area contributed by atoms with E-state index in [2.05, 4.69) is 99.0 Å². The number of nitrogens with zero attached hydrogens (tertiary/aromatic N) is 17. The predicted molar refractivity (Wildman–Crippen MR) is 419 cm³/mol. The second kappa shape index (κ2) is 29.5. The van der Waals surface area contributed by atoms with Crippen molar-refractivity contribution in [2.24, 2.45) is 5.11 Å². The van der Waals surface area contributed by atoms with E-state index >= 15 is 0 Å². The van der Waals surface area contributed by atoms with Gasteiger partial charge < -0.3 is 44.4 Å². The van der Waals surface area contributed by atoms with Crippen LogP contribution in [0.1, 0.15) is 145 Å². The first-order chi connectivity index (χ1) is 52.5. The number of alkyl halides is 4. The van der Waals surface area contributed by atoms with Gasteiger partial charge in [-0.25, -0.2) is 61.7 Å². The van der Waals surface area contributed by atoms with Crippen molar-refractivity contribution in [1.82, 2.24) is 84.2 Å². The van der Waals surface area contributed by atoms with Gasteiger partial charge in [-0.1, -0.05) is 43.8 Å². The fourth-order valence-corrected chi connectivity index (χ4v) is 17.9. The number of likely N-dealkylation sites (N-methyl/N-ethyl adjacent to an activating group) is 1. The average Bonchev–Trinajstić information content (AvgIpc) is 1.54. The summed E-state index contributed by atoms with van der Waals surface area (Å²) in [6.45, 7) is 23.4. The van der Waals surface area contributed by atoms with Gasteiger partial charge >= 0.3 is 18.1 Å². The lowest BCUT2D eigenvalue weighted by molar-refractivity contribution is -0.546. The Morgan fingerprint density at radius 2 is 1.01 bits per heavy atom. The number of hydrogen-bond donors (Lipinski definition) is 3. The highest BCUT2D eigenvalue weighted by Crippen LogP contribution is 2.51. The number of urea groups is 3. The predicted octanol–water partition coefficient (Wildman–Crippen LogP) is 16.9. The molecule has 3 aromatic carbocycles. The van der Waals surface area contributed by atoms with Crippen LogP contribution in [0.25, 0.3) is 97.8 Å². The van der Waals surface area contributed by atoms with Crippen molar-refractivity contribution in [3.8, 4) is 54.9 Å². The number of hydrogen-bond acceptors (Lipinski definition) is 14. The number of aromatic nitrogens is 11. The van der Waals surface area contributed by atoms with Gasteiger partial charge in [0.15, 0.2) is 13.6 Å². The minimum atomic E-state index is -2.63. The molecule has 4 aliphatic heterocycles. The van der Waals surface area contributed by atoms with E-state index in [-0.39, 0.29) is 63.0 Å². The molecule has 3 fully saturated rings. The van der Waals surface area contributed by atoms with Crippen molar-refractivity contribution >= 4 is 84.5 Å². The van der Waals surface area contributed by atoms with Crippen molar-refractivity contribution in [2.75, 3.05) is 54.4 Å². The zero-order valence-electron chi connectivity index (χ0n) is 62.2. The Balaban J connectivity index is 0.000000131. The maximum atomic E-state index is 14.0.